The van der Waals surface area contributed by atoms with Gasteiger partial charge in [-0.2, -0.15) is 0 Å². The third kappa shape index (κ3) is 2.54. The quantitative estimate of drug-likeness (QED) is 0.636. The summed E-state index contributed by atoms with van der Waals surface area (Å²) in [5.41, 5.74) is 1.30. The van der Waals surface area contributed by atoms with Crippen molar-refractivity contribution in [3.8, 4) is 11.8 Å². The molecule has 0 bridgehead atoms. The fourth-order valence-electron chi connectivity index (χ4n) is 2.04. The number of aliphatic hydroxyl groups is 1. The number of hydrogen-bond donors (Lipinski definition) is 1. The lowest BCUT2D eigenvalue weighted by Crippen LogP contribution is -2.35. The molecule has 0 heterocycles. The first kappa shape index (κ1) is 13.0. The van der Waals surface area contributed by atoms with Crippen LogP contribution in [-0.2, 0) is 4.79 Å². The second kappa shape index (κ2) is 4.43. The summed E-state index contributed by atoms with van der Waals surface area (Å²) < 4.78 is 0. The van der Waals surface area contributed by atoms with Gasteiger partial charge in [0.1, 0.15) is 6.10 Å². The van der Waals surface area contributed by atoms with Crippen LogP contribution in [0.25, 0.3) is 0 Å². The van der Waals surface area contributed by atoms with Crippen LogP contribution in [0.15, 0.2) is 11.1 Å². The van der Waals surface area contributed by atoms with Gasteiger partial charge in [0.05, 0.1) is 0 Å². The Hall–Kier alpha value is -1.07. The van der Waals surface area contributed by atoms with Crippen LogP contribution < -0.4 is 0 Å². The van der Waals surface area contributed by atoms with Crippen LogP contribution in [0.3, 0.4) is 0 Å². The Balaban J connectivity index is 3.21. The molecule has 88 valence electrons. The molecule has 1 aliphatic carbocycles. The minimum absolute atomic E-state index is 0.174. The van der Waals surface area contributed by atoms with E-state index in [4.69, 9.17) is 0 Å². The number of carbonyl (C=O) groups excluding carboxylic acids is 1. The molecule has 2 nitrogen and oxygen atoms in total. The number of hydrogen-bond acceptors (Lipinski definition) is 2. The summed E-state index contributed by atoms with van der Waals surface area (Å²) in [6.07, 6.45) is -0.398. The molecule has 1 atom stereocenters. The van der Waals surface area contributed by atoms with Gasteiger partial charge in [0.15, 0.2) is 5.78 Å². The predicted octanol–water partition coefficient (Wildman–Crippen LogP) is 2.32. The predicted molar refractivity (Wildman–Crippen MR) is 64.7 cm³/mol. The highest BCUT2D eigenvalue weighted by Crippen LogP contribution is 2.38. The SMILES string of the molecule is CC1=C(C#CC(C)C)C(C)(C)CC(O)C1=O. The Morgan fingerprint density at radius 3 is 2.50 bits per heavy atom. The van der Waals surface area contributed by atoms with Gasteiger partial charge < -0.3 is 5.11 Å². The van der Waals surface area contributed by atoms with E-state index in [0.29, 0.717) is 12.0 Å². The third-order valence-corrected chi connectivity index (χ3v) is 2.91. The Kier molecular flexibility index (Phi) is 3.60. The van der Waals surface area contributed by atoms with Crippen molar-refractivity contribution in [3.63, 3.8) is 0 Å². The summed E-state index contributed by atoms with van der Waals surface area (Å²) in [4.78, 5) is 11.7. The molecule has 1 aliphatic rings. The smallest absolute Gasteiger partial charge is 0.187 e. The standard InChI is InChI=1S/C14H20O2/c1-9(2)6-7-11-10(3)13(16)12(15)8-14(11,4)5/h9,12,15H,8H2,1-5H3. The molecule has 0 fully saturated rings. The molecule has 1 N–H and O–H groups in total. The van der Waals surface area contributed by atoms with E-state index < -0.39 is 6.10 Å². The van der Waals surface area contributed by atoms with Crippen molar-refractivity contribution < 1.29 is 9.90 Å². The molecule has 0 aromatic rings. The van der Waals surface area contributed by atoms with Crippen LogP contribution >= 0.6 is 0 Å². The molecule has 0 saturated carbocycles. The normalized spacial score (nSPS) is 24.4. The van der Waals surface area contributed by atoms with Crippen molar-refractivity contribution in [2.75, 3.05) is 0 Å². The number of allylic oxidation sites excluding steroid dienone is 1. The zero-order valence-corrected chi connectivity index (χ0v) is 10.7. The molecule has 0 saturated heterocycles. The van der Waals surface area contributed by atoms with Crippen molar-refractivity contribution in [2.45, 2.75) is 47.1 Å². The molecular weight excluding hydrogens is 200 g/mol. The van der Waals surface area contributed by atoms with E-state index in [0.717, 1.165) is 5.57 Å². The highest BCUT2D eigenvalue weighted by molar-refractivity contribution is 6.00. The molecule has 1 rings (SSSR count). The monoisotopic (exact) mass is 220 g/mol. The number of aliphatic hydroxyl groups excluding tert-OH is 1. The summed E-state index contributed by atoms with van der Waals surface area (Å²) in [5, 5.41) is 9.65. The number of Topliss-reactive ketones (excluding diaryl/α,β-unsaturated/α-hetero) is 1. The van der Waals surface area contributed by atoms with Gasteiger partial charge in [-0.25, -0.2) is 0 Å². The van der Waals surface area contributed by atoms with Crippen molar-refractivity contribution in [1.82, 2.24) is 0 Å². The average Bonchev–Trinajstić information content (AvgIpc) is 2.12. The van der Waals surface area contributed by atoms with Gasteiger partial charge in [-0.05, 0) is 13.3 Å². The van der Waals surface area contributed by atoms with Crippen LogP contribution in [0.1, 0.15) is 41.0 Å². The minimum Gasteiger partial charge on any atom is -0.385 e. The maximum Gasteiger partial charge on any atom is 0.187 e. The number of ketones is 1. The molecule has 0 amide bonds. The Bertz CT molecular complexity index is 389. The maximum atomic E-state index is 11.7. The fourth-order valence-corrected chi connectivity index (χ4v) is 2.04. The molecule has 1 unspecified atom stereocenters. The van der Waals surface area contributed by atoms with Gasteiger partial charge in [0.2, 0.25) is 0 Å². The lowest BCUT2D eigenvalue weighted by molar-refractivity contribution is -0.125. The molecule has 0 radical (unpaired) electrons. The van der Waals surface area contributed by atoms with Gasteiger partial charge >= 0.3 is 0 Å². The van der Waals surface area contributed by atoms with Crippen molar-refractivity contribution >= 4 is 5.78 Å². The minimum atomic E-state index is -0.861. The van der Waals surface area contributed by atoms with Crippen LogP contribution in [0, 0.1) is 23.2 Å². The summed E-state index contributed by atoms with van der Waals surface area (Å²) >= 11 is 0. The van der Waals surface area contributed by atoms with Crippen molar-refractivity contribution in [1.29, 1.82) is 0 Å². The van der Waals surface area contributed by atoms with Crippen LogP contribution in [0.5, 0.6) is 0 Å². The summed E-state index contributed by atoms with van der Waals surface area (Å²) in [6.45, 7) is 9.86. The zero-order chi connectivity index (χ0) is 12.5. The summed E-state index contributed by atoms with van der Waals surface area (Å²) in [7, 11) is 0. The maximum absolute atomic E-state index is 11.7. The third-order valence-electron chi connectivity index (χ3n) is 2.91. The van der Waals surface area contributed by atoms with E-state index in [1.807, 2.05) is 27.7 Å². The van der Waals surface area contributed by atoms with Gasteiger partial charge in [-0.15, -0.1) is 0 Å². The highest BCUT2D eigenvalue weighted by Gasteiger charge is 2.37. The van der Waals surface area contributed by atoms with Gasteiger partial charge in [-0.3, -0.25) is 4.79 Å². The molecule has 0 aromatic heterocycles. The average molecular weight is 220 g/mol. The number of rotatable bonds is 0. The first-order valence-corrected chi connectivity index (χ1v) is 5.71. The zero-order valence-electron chi connectivity index (χ0n) is 10.7. The molecule has 0 aliphatic heterocycles. The number of carbonyl (C=O) groups is 1. The second-order valence-corrected chi connectivity index (χ2v) is 5.39. The Morgan fingerprint density at radius 2 is 2.00 bits per heavy atom. The van der Waals surface area contributed by atoms with E-state index in [-0.39, 0.29) is 17.1 Å². The summed E-state index contributed by atoms with van der Waals surface area (Å²) in [5.74, 6) is 6.32. The molecule has 0 spiro atoms. The Morgan fingerprint density at radius 1 is 1.44 bits per heavy atom. The van der Waals surface area contributed by atoms with Crippen LogP contribution in [0.4, 0.5) is 0 Å². The highest BCUT2D eigenvalue weighted by atomic mass is 16.3. The first-order valence-electron chi connectivity index (χ1n) is 5.71. The van der Waals surface area contributed by atoms with E-state index in [1.165, 1.54) is 0 Å². The molecular formula is C14H20O2. The van der Waals surface area contributed by atoms with Gasteiger partial charge in [0, 0.05) is 22.5 Å². The second-order valence-electron chi connectivity index (χ2n) is 5.39. The lowest BCUT2D eigenvalue weighted by Gasteiger charge is -2.33. The lowest BCUT2D eigenvalue weighted by atomic mass is 9.71. The Labute approximate surface area is 97.7 Å². The van der Waals surface area contributed by atoms with Crippen molar-refractivity contribution in [2.24, 2.45) is 11.3 Å². The first-order chi connectivity index (χ1) is 7.25. The van der Waals surface area contributed by atoms with Gasteiger partial charge in [0.25, 0.3) is 0 Å². The van der Waals surface area contributed by atoms with E-state index in [1.54, 1.807) is 6.92 Å². The fraction of sp³-hybridized carbons (Fsp3) is 0.643. The molecule has 16 heavy (non-hydrogen) atoms. The van der Waals surface area contributed by atoms with E-state index in [9.17, 15) is 9.90 Å². The molecule has 2 heteroatoms. The van der Waals surface area contributed by atoms with Crippen LogP contribution in [-0.4, -0.2) is 17.0 Å². The molecule has 0 aromatic carbocycles. The van der Waals surface area contributed by atoms with E-state index in [2.05, 4.69) is 11.8 Å². The van der Waals surface area contributed by atoms with E-state index >= 15 is 0 Å². The largest absolute Gasteiger partial charge is 0.385 e. The summed E-state index contributed by atoms with van der Waals surface area (Å²) in [6, 6.07) is 0. The topological polar surface area (TPSA) is 37.3 Å². The van der Waals surface area contributed by atoms with Crippen LogP contribution in [0.2, 0.25) is 0 Å². The van der Waals surface area contributed by atoms with Gasteiger partial charge in [-0.1, -0.05) is 39.5 Å². The van der Waals surface area contributed by atoms with Crippen molar-refractivity contribution in [3.05, 3.63) is 11.1 Å².